The minimum atomic E-state index is -0.125. The van der Waals surface area contributed by atoms with Crippen LogP contribution in [0.5, 0.6) is 0 Å². The van der Waals surface area contributed by atoms with E-state index in [0.717, 1.165) is 84.0 Å². The van der Waals surface area contributed by atoms with E-state index in [1.165, 1.54) is 115 Å². The van der Waals surface area contributed by atoms with Crippen LogP contribution < -0.4 is 0 Å². The summed E-state index contributed by atoms with van der Waals surface area (Å²) in [6, 6.07) is 82.2. The van der Waals surface area contributed by atoms with Crippen molar-refractivity contribution in [3.8, 4) is 33.8 Å². The molecule has 0 atom stereocenters. The molecule has 0 bridgehead atoms. The van der Waals surface area contributed by atoms with E-state index in [-0.39, 0.29) is 116 Å². The molecule has 15 heteroatoms. The van der Waals surface area contributed by atoms with Crippen LogP contribution in [0.4, 0.5) is 11.4 Å². The third-order valence-electron chi connectivity index (χ3n) is 14.1. The maximum Gasteiger partial charge on any atom is 2.00 e. The zero-order valence-corrected chi connectivity index (χ0v) is 70.5. The first kappa shape index (κ1) is 90.9. The Morgan fingerprint density at radius 1 is 0.385 bits per heavy atom. The second-order valence-electron chi connectivity index (χ2n) is 24.3. The summed E-state index contributed by atoms with van der Waals surface area (Å²) in [6.45, 7) is 27.4. The minimum absolute atomic E-state index is 0. The van der Waals surface area contributed by atoms with Gasteiger partial charge in [0, 0.05) is 84.7 Å². The molecule has 543 valence electrons. The van der Waals surface area contributed by atoms with Crippen LogP contribution in [-0.4, -0.2) is 60.1 Å². The van der Waals surface area contributed by atoms with E-state index >= 15 is 0 Å². The van der Waals surface area contributed by atoms with Gasteiger partial charge in [-0.25, -0.2) is 0 Å². The molecule has 0 amide bonds. The summed E-state index contributed by atoms with van der Waals surface area (Å²) in [5.74, 6) is -0.187. The van der Waals surface area contributed by atoms with Crippen LogP contribution in [0, 0.1) is 92.6 Å². The van der Waals surface area contributed by atoms with Gasteiger partial charge >= 0.3 is 21.1 Å². The summed E-state index contributed by atoms with van der Waals surface area (Å²) in [6.07, 6.45) is 8.97. The van der Waals surface area contributed by atoms with Gasteiger partial charge in [0.25, 0.3) is 0 Å². The number of fused-ring (bicyclic) bond motifs is 3. The molecule has 0 aliphatic carbocycles. The van der Waals surface area contributed by atoms with E-state index in [1.54, 1.807) is 12.4 Å². The molecule has 0 fully saturated rings. The van der Waals surface area contributed by atoms with Gasteiger partial charge in [0.05, 0.1) is 39.7 Å². The third kappa shape index (κ3) is 32.6. The number of carbonyl (C=O) groups excluding carboxylic acids is 3. The summed E-state index contributed by atoms with van der Waals surface area (Å²) in [5, 5.41) is 29.9. The Morgan fingerprint density at radius 2 is 0.769 bits per heavy atom. The van der Waals surface area contributed by atoms with Crippen molar-refractivity contribution >= 4 is 73.7 Å². The first-order valence-electron chi connectivity index (χ1n) is 32.5. The number of hydrogen-bond acceptors (Lipinski definition) is 11. The van der Waals surface area contributed by atoms with Crippen LogP contribution in [0.1, 0.15) is 103 Å². The number of pyridine rings is 3. The van der Waals surface area contributed by atoms with Crippen LogP contribution in [0.3, 0.4) is 0 Å². The van der Waals surface area contributed by atoms with Crippen molar-refractivity contribution in [1.29, 1.82) is 0 Å². The SMILES string of the molecule is CC(=O)C=C(C)O.CC(=O)C=C(C)O.CC(=O)C=C(C)O.Cc1[c-]c(-c2ccc3cc(C)ccc3n2)cc(C)c1.Cc1[c-]c(-c2ccc3ccc(C)cc3n2)cc(C)c1.Cc1[c-]c(-c2nccc3cc(C)ccc23)cc(C)c1.[Ir].[Ir].[Ir].[Pt+2].[c-]1ccccc1C=Nc1ccccc1N=Cc1[c-]cccc1. The minimum Gasteiger partial charge on any atom is -0.512 e. The second kappa shape index (κ2) is 46.5. The Bertz CT molecular complexity index is 4740. The summed E-state index contributed by atoms with van der Waals surface area (Å²) in [4.78, 5) is 53.1. The molecule has 9 aromatic carbocycles. The number of ketones is 3. The largest absolute Gasteiger partial charge is 2.00 e. The number of carbonyl (C=O) groups is 3. The maximum atomic E-state index is 10.0. The van der Waals surface area contributed by atoms with Crippen LogP contribution in [0.2, 0.25) is 0 Å². The van der Waals surface area contributed by atoms with Gasteiger partial charge in [0.15, 0.2) is 17.3 Å². The van der Waals surface area contributed by atoms with E-state index in [1.807, 2.05) is 79.0 Å². The molecule has 0 aliphatic heterocycles. The number of rotatable bonds is 10. The number of aryl methyl sites for hydroxylation is 9. The molecule has 0 spiro atoms. The van der Waals surface area contributed by atoms with Gasteiger partial charge in [-0.05, 0) is 155 Å². The zero-order valence-electron chi connectivity index (χ0n) is 61.1. The van der Waals surface area contributed by atoms with Gasteiger partial charge in [-0.15, -0.1) is 176 Å². The predicted molar refractivity (Wildman–Crippen MR) is 413 cm³/mol. The summed E-state index contributed by atoms with van der Waals surface area (Å²) in [5.41, 5.74) is 22.8. The molecule has 0 saturated carbocycles. The normalized spacial score (nSPS) is 10.7. The number of aromatic nitrogens is 3. The number of aliphatic hydroxyl groups is 3. The van der Waals surface area contributed by atoms with Crippen LogP contribution >= 0.6 is 0 Å². The fourth-order valence-corrected chi connectivity index (χ4v) is 10.2. The van der Waals surface area contributed by atoms with Gasteiger partial charge in [-0.1, -0.05) is 125 Å². The van der Waals surface area contributed by atoms with Gasteiger partial charge in [0.1, 0.15) is 0 Å². The van der Waals surface area contributed by atoms with Crippen LogP contribution in [0.15, 0.2) is 246 Å². The second-order valence-corrected chi connectivity index (χ2v) is 24.3. The predicted octanol–water partition coefficient (Wildman–Crippen LogP) is 21.8. The average molecular weight is 2090 g/mol. The molecule has 3 radical (unpaired) electrons. The number of hydrogen-bond donors (Lipinski definition) is 3. The first-order chi connectivity index (χ1) is 47.7. The summed E-state index contributed by atoms with van der Waals surface area (Å²) in [7, 11) is 0. The quantitative estimate of drug-likeness (QED) is 0.0521. The summed E-state index contributed by atoms with van der Waals surface area (Å²) >= 11 is 0. The molecular weight excluding hydrogens is 2010 g/mol. The van der Waals surface area contributed by atoms with E-state index in [0.29, 0.717) is 0 Å². The van der Waals surface area contributed by atoms with Crippen molar-refractivity contribution in [2.75, 3.05) is 0 Å². The molecule has 3 heterocycles. The Balaban J connectivity index is 0.000000427. The smallest absolute Gasteiger partial charge is 0.512 e. The van der Waals surface area contributed by atoms with Crippen molar-refractivity contribution in [2.24, 2.45) is 9.98 Å². The first-order valence-corrected chi connectivity index (χ1v) is 32.5. The molecule has 0 unspecified atom stereocenters. The van der Waals surface area contributed by atoms with Crippen molar-refractivity contribution in [3.05, 3.63) is 327 Å². The molecular formula is C89H86Ir3N5O6Pt-3. The Labute approximate surface area is 669 Å². The van der Waals surface area contributed by atoms with Crippen molar-refractivity contribution < 1.29 is 111 Å². The van der Waals surface area contributed by atoms with E-state index in [9.17, 15) is 14.4 Å². The molecule has 0 aliphatic rings. The zero-order chi connectivity index (χ0) is 72.8. The van der Waals surface area contributed by atoms with Crippen LogP contribution in [-0.2, 0) is 95.8 Å². The maximum absolute atomic E-state index is 10.0. The van der Waals surface area contributed by atoms with Crippen LogP contribution in [0.25, 0.3) is 66.4 Å². The number of allylic oxidation sites excluding steroid dienone is 6. The molecule has 11 nitrogen and oxygen atoms in total. The van der Waals surface area contributed by atoms with Crippen molar-refractivity contribution in [1.82, 2.24) is 15.0 Å². The average Bonchev–Trinajstić information content (AvgIpc) is 0.920. The summed E-state index contributed by atoms with van der Waals surface area (Å²) < 4.78 is 0. The number of para-hydroxylation sites is 2. The monoisotopic (exact) mass is 2090 g/mol. The number of nitrogens with zero attached hydrogens (tertiary/aromatic N) is 5. The molecule has 12 rings (SSSR count). The number of benzene rings is 9. The molecule has 3 aromatic heterocycles. The fraction of sp³-hybridized carbons (Fsp3) is 0.169. The Kier molecular flexibility index (Phi) is 40.7. The van der Waals surface area contributed by atoms with E-state index in [2.05, 4.69) is 229 Å². The van der Waals surface area contributed by atoms with Gasteiger partial charge in [-0.3, -0.25) is 24.4 Å². The molecule has 12 aromatic rings. The number of aliphatic imine (C=N–C) groups is 2. The van der Waals surface area contributed by atoms with Crippen molar-refractivity contribution in [2.45, 2.75) is 104 Å². The standard InChI is InChI=1S/C20H14N2.3C18H16N.3C5H8O2.3Ir.Pt/c1-3-9-17(10-4-1)15-21-19-13-7-8-14-20(19)22-16-18-11-5-2-6-12-18;1-12-4-6-17-15(9-12)5-7-18(19-17)16-10-13(2)8-14(3)11-16;1-12-4-5-15-6-7-17(19-18(15)11-12)16-9-13(2)8-14(3)10-16;1-12-4-5-17-15(9-12)6-7-19-18(17)16-10-13(2)8-14(3)11-16;3*1-4(6)3-5(2)7;;;;/h1-9,11,13-16H;4-10H,1-3H3;4-9,11H,1-3H3;4-10H,1-3H3;3*3,6H,1-2H3;;;;/q-2;3*-1;;;;;;;+2. The van der Waals surface area contributed by atoms with Gasteiger partial charge in [-0.2, -0.15) is 0 Å². The van der Waals surface area contributed by atoms with Gasteiger partial charge in [0.2, 0.25) is 0 Å². The molecule has 0 saturated heterocycles. The molecule has 3 N–H and O–H groups in total. The van der Waals surface area contributed by atoms with Crippen molar-refractivity contribution in [3.63, 3.8) is 0 Å². The van der Waals surface area contributed by atoms with E-state index in [4.69, 9.17) is 25.3 Å². The van der Waals surface area contributed by atoms with E-state index < -0.39 is 0 Å². The Morgan fingerprint density at radius 3 is 1.19 bits per heavy atom. The molecule has 104 heavy (non-hydrogen) atoms. The van der Waals surface area contributed by atoms with Gasteiger partial charge < -0.3 is 30.3 Å². The topological polar surface area (TPSA) is 175 Å². The number of aliphatic hydroxyl groups excluding tert-OH is 3. The third-order valence-corrected chi connectivity index (χ3v) is 14.1. The fourth-order valence-electron chi connectivity index (χ4n) is 10.2. The Hall–Kier alpha value is -9.18.